The van der Waals surface area contributed by atoms with E-state index in [4.69, 9.17) is 0 Å². The van der Waals surface area contributed by atoms with Crippen molar-refractivity contribution in [1.82, 2.24) is 10.6 Å². The Kier molecular flexibility index (Phi) is 4.43. The highest BCUT2D eigenvalue weighted by Crippen LogP contribution is 2.28. The summed E-state index contributed by atoms with van der Waals surface area (Å²) in [6.07, 6.45) is 1.19. The van der Waals surface area contributed by atoms with Crippen LogP contribution in [-0.2, 0) is 16.0 Å². The minimum absolute atomic E-state index is 0.0109. The molecule has 0 radical (unpaired) electrons. The average Bonchev–Trinajstić information content (AvgIpc) is 2.87. The first-order valence-corrected chi connectivity index (χ1v) is 8.05. The third-order valence-electron chi connectivity index (χ3n) is 4.59. The molecule has 2 fully saturated rings. The number of rotatable bonds is 5. The highest BCUT2D eigenvalue weighted by atomic mass is 16.2. The summed E-state index contributed by atoms with van der Waals surface area (Å²) >= 11 is 0. The lowest BCUT2D eigenvalue weighted by Gasteiger charge is -2.27. The van der Waals surface area contributed by atoms with E-state index in [0.717, 1.165) is 30.8 Å². The minimum atomic E-state index is -0.231. The van der Waals surface area contributed by atoms with Crippen LogP contribution in [0.3, 0.4) is 0 Å². The number of benzene rings is 1. The molecule has 3 rings (SSSR count). The smallest absolute Gasteiger partial charge is 0.227 e. The quantitative estimate of drug-likeness (QED) is 0.851. The van der Waals surface area contributed by atoms with Gasteiger partial charge in [0.1, 0.15) is 0 Å². The van der Waals surface area contributed by atoms with Gasteiger partial charge in [0.2, 0.25) is 11.8 Å². The van der Waals surface area contributed by atoms with Crippen LogP contribution in [0.5, 0.6) is 0 Å². The number of amides is 2. The van der Waals surface area contributed by atoms with Crippen LogP contribution in [0.1, 0.15) is 18.9 Å². The van der Waals surface area contributed by atoms with Crippen LogP contribution in [0.25, 0.3) is 0 Å². The highest BCUT2D eigenvalue weighted by molar-refractivity contribution is 6.00. The fourth-order valence-corrected chi connectivity index (χ4v) is 3.07. The van der Waals surface area contributed by atoms with E-state index in [0.29, 0.717) is 25.4 Å². The Morgan fingerprint density at radius 3 is 2.82 bits per heavy atom. The van der Waals surface area contributed by atoms with Crippen molar-refractivity contribution in [2.75, 3.05) is 31.1 Å². The highest BCUT2D eigenvalue weighted by Gasteiger charge is 2.35. The van der Waals surface area contributed by atoms with Gasteiger partial charge in [0, 0.05) is 44.2 Å². The molecule has 0 aromatic heterocycles. The lowest BCUT2D eigenvalue weighted by Crippen LogP contribution is -2.49. The Labute approximate surface area is 131 Å². The number of aryl methyl sites for hydroxylation is 1. The largest absolute Gasteiger partial charge is 0.355 e. The van der Waals surface area contributed by atoms with Crippen LogP contribution < -0.4 is 15.5 Å². The Balaban J connectivity index is 1.63. The fraction of sp³-hybridized carbons (Fsp3) is 0.529. The second-order valence-electron chi connectivity index (χ2n) is 6.16. The summed E-state index contributed by atoms with van der Waals surface area (Å²) in [5, 5.41) is 6.18. The first-order valence-electron chi connectivity index (χ1n) is 8.05. The van der Waals surface area contributed by atoms with Crippen molar-refractivity contribution >= 4 is 17.5 Å². The zero-order valence-corrected chi connectivity index (χ0v) is 13.0. The van der Waals surface area contributed by atoms with Crippen LogP contribution in [0, 0.1) is 11.8 Å². The summed E-state index contributed by atoms with van der Waals surface area (Å²) in [5.41, 5.74) is 2.10. The number of hydrogen-bond donors (Lipinski definition) is 2. The van der Waals surface area contributed by atoms with Gasteiger partial charge in [-0.25, -0.2) is 0 Å². The number of hydrogen-bond acceptors (Lipinski definition) is 3. The fourth-order valence-electron chi connectivity index (χ4n) is 3.07. The van der Waals surface area contributed by atoms with Crippen LogP contribution in [0.2, 0.25) is 0 Å². The number of carbonyl (C=O) groups excluding carboxylic acids is 2. The van der Waals surface area contributed by atoms with Gasteiger partial charge in [-0.05, 0) is 18.1 Å². The molecule has 2 amide bonds. The van der Waals surface area contributed by atoms with Crippen molar-refractivity contribution in [2.24, 2.45) is 11.8 Å². The van der Waals surface area contributed by atoms with Gasteiger partial charge < -0.3 is 15.5 Å². The van der Waals surface area contributed by atoms with Crippen molar-refractivity contribution in [3.63, 3.8) is 0 Å². The van der Waals surface area contributed by atoms with E-state index in [1.165, 1.54) is 0 Å². The number of anilines is 1. The van der Waals surface area contributed by atoms with E-state index < -0.39 is 0 Å². The molecule has 1 aromatic carbocycles. The van der Waals surface area contributed by atoms with Crippen LogP contribution in [-0.4, -0.2) is 38.0 Å². The molecule has 0 saturated carbocycles. The molecular formula is C17H23N3O2. The first kappa shape index (κ1) is 15.0. The molecule has 1 atom stereocenters. The topological polar surface area (TPSA) is 61.4 Å². The average molecular weight is 301 g/mol. The molecule has 1 unspecified atom stereocenters. The van der Waals surface area contributed by atoms with Crippen molar-refractivity contribution < 1.29 is 9.59 Å². The number of carbonyl (C=O) groups is 2. The SMILES string of the molecule is CCc1ccccc1N1CC(C(=O)NCC2CNC2)CC1=O. The van der Waals surface area contributed by atoms with Crippen LogP contribution in [0.15, 0.2) is 24.3 Å². The van der Waals surface area contributed by atoms with Crippen molar-refractivity contribution in [3.05, 3.63) is 29.8 Å². The number of nitrogens with zero attached hydrogens (tertiary/aromatic N) is 1. The summed E-state index contributed by atoms with van der Waals surface area (Å²) in [6, 6.07) is 7.94. The van der Waals surface area contributed by atoms with Gasteiger partial charge >= 0.3 is 0 Å². The minimum Gasteiger partial charge on any atom is -0.355 e. The normalized spacial score (nSPS) is 21.8. The third-order valence-corrected chi connectivity index (χ3v) is 4.59. The molecule has 5 heteroatoms. The Bertz CT molecular complexity index is 569. The predicted octanol–water partition coefficient (Wildman–Crippen LogP) is 0.937. The molecule has 2 aliphatic heterocycles. The molecule has 5 nitrogen and oxygen atoms in total. The maximum absolute atomic E-state index is 12.3. The maximum Gasteiger partial charge on any atom is 0.227 e. The summed E-state index contributed by atoms with van der Waals surface area (Å²) in [7, 11) is 0. The van der Waals surface area contributed by atoms with Gasteiger partial charge in [0.25, 0.3) is 0 Å². The van der Waals surface area contributed by atoms with Gasteiger partial charge in [-0.2, -0.15) is 0 Å². The van der Waals surface area contributed by atoms with E-state index >= 15 is 0 Å². The van der Waals surface area contributed by atoms with Gasteiger partial charge in [0.15, 0.2) is 0 Å². The number of para-hydroxylation sites is 1. The molecule has 22 heavy (non-hydrogen) atoms. The second kappa shape index (κ2) is 6.48. The van der Waals surface area contributed by atoms with Gasteiger partial charge in [-0.15, -0.1) is 0 Å². The summed E-state index contributed by atoms with van der Waals surface area (Å²) in [5.74, 6) is 0.367. The summed E-state index contributed by atoms with van der Waals surface area (Å²) in [6.45, 7) is 5.22. The summed E-state index contributed by atoms with van der Waals surface area (Å²) < 4.78 is 0. The molecule has 2 heterocycles. The molecule has 1 aromatic rings. The lowest BCUT2D eigenvalue weighted by molar-refractivity contribution is -0.126. The Morgan fingerprint density at radius 1 is 1.36 bits per heavy atom. The lowest BCUT2D eigenvalue weighted by atomic mass is 10.0. The van der Waals surface area contributed by atoms with Gasteiger partial charge in [-0.3, -0.25) is 9.59 Å². The zero-order chi connectivity index (χ0) is 15.5. The van der Waals surface area contributed by atoms with E-state index in [1.807, 2.05) is 24.3 Å². The van der Waals surface area contributed by atoms with Crippen molar-refractivity contribution in [3.8, 4) is 0 Å². The zero-order valence-electron chi connectivity index (χ0n) is 13.0. The molecule has 2 saturated heterocycles. The number of nitrogens with one attached hydrogen (secondary N) is 2. The first-order chi connectivity index (χ1) is 10.7. The molecule has 0 bridgehead atoms. The van der Waals surface area contributed by atoms with Gasteiger partial charge in [-0.1, -0.05) is 25.1 Å². The molecule has 0 spiro atoms. The Morgan fingerprint density at radius 2 is 2.14 bits per heavy atom. The molecule has 2 N–H and O–H groups in total. The summed E-state index contributed by atoms with van der Waals surface area (Å²) in [4.78, 5) is 26.3. The molecule has 2 aliphatic rings. The molecule has 118 valence electrons. The van der Waals surface area contributed by atoms with E-state index in [-0.39, 0.29) is 17.7 Å². The standard InChI is InChI=1S/C17H23N3O2/c1-2-13-5-3-4-6-15(13)20-11-14(7-16(20)21)17(22)19-10-12-8-18-9-12/h3-6,12,14,18H,2,7-11H2,1H3,(H,19,22). The van der Waals surface area contributed by atoms with Crippen LogP contribution >= 0.6 is 0 Å². The van der Waals surface area contributed by atoms with Crippen molar-refractivity contribution in [2.45, 2.75) is 19.8 Å². The van der Waals surface area contributed by atoms with E-state index in [2.05, 4.69) is 17.6 Å². The molecular weight excluding hydrogens is 278 g/mol. The maximum atomic E-state index is 12.3. The van der Waals surface area contributed by atoms with Gasteiger partial charge in [0.05, 0.1) is 5.92 Å². The predicted molar refractivity (Wildman–Crippen MR) is 85.6 cm³/mol. The van der Waals surface area contributed by atoms with Crippen LogP contribution in [0.4, 0.5) is 5.69 Å². The van der Waals surface area contributed by atoms with E-state index in [9.17, 15) is 9.59 Å². The van der Waals surface area contributed by atoms with E-state index in [1.54, 1.807) is 4.90 Å². The van der Waals surface area contributed by atoms with Crippen molar-refractivity contribution in [1.29, 1.82) is 0 Å². The molecule has 0 aliphatic carbocycles. The Hall–Kier alpha value is -1.88. The second-order valence-corrected chi connectivity index (χ2v) is 6.16. The monoisotopic (exact) mass is 301 g/mol. The third kappa shape index (κ3) is 2.99.